The molecule has 0 aromatic rings. The fourth-order valence-corrected chi connectivity index (χ4v) is 0.993. The Labute approximate surface area is 87.0 Å². The van der Waals surface area contributed by atoms with Crippen LogP contribution >= 0.6 is 0 Å². The minimum atomic E-state index is -3.74. The summed E-state index contributed by atoms with van der Waals surface area (Å²) in [6, 6.07) is 0. The van der Waals surface area contributed by atoms with Crippen LogP contribution in [-0.2, 0) is 0 Å². The van der Waals surface area contributed by atoms with Crippen molar-refractivity contribution in [2.75, 3.05) is 27.2 Å². The maximum Gasteiger partial charge on any atom is 0.372 e. The minimum Gasteiger partial charge on any atom is -0.236 e. The second kappa shape index (κ2) is 5.09. The Hall–Kier alpha value is -0.400. The first-order valence-corrected chi connectivity index (χ1v) is 4.64. The summed E-state index contributed by atoms with van der Waals surface area (Å²) in [6.45, 7) is 2.93. The number of hydrogen-bond acceptors (Lipinski definition) is 3. The molecule has 1 N–H and O–H groups in total. The summed E-state index contributed by atoms with van der Waals surface area (Å²) in [5.74, 6) is 0. The van der Waals surface area contributed by atoms with E-state index in [2.05, 4.69) is 0 Å². The van der Waals surface area contributed by atoms with Crippen molar-refractivity contribution in [3.05, 3.63) is 0 Å². The number of rotatable bonds is 6. The number of hydrogen-bond donors (Lipinski definition) is 1. The van der Waals surface area contributed by atoms with Crippen molar-refractivity contribution in [2.45, 2.75) is 26.2 Å². The molecule has 0 saturated heterocycles. The molecule has 0 radical (unpaired) electrons. The molecule has 0 atom stereocenters. The van der Waals surface area contributed by atoms with Gasteiger partial charge in [-0.3, -0.25) is 0 Å². The molecule has 0 spiro atoms. The lowest BCUT2D eigenvalue weighted by Crippen LogP contribution is -2.62. The predicted molar refractivity (Wildman–Crippen MR) is 49.6 cm³/mol. The van der Waals surface area contributed by atoms with E-state index in [4.69, 9.17) is 0 Å². The van der Waals surface area contributed by atoms with Crippen LogP contribution in [0.3, 0.4) is 0 Å². The number of halogens is 4. The van der Waals surface area contributed by atoms with Crippen LogP contribution in [0, 0.1) is 0 Å². The number of alkyl halides is 4. The molecule has 0 heterocycles. The lowest BCUT2D eigenvalue weighted by atomic mass is 10.5. The molecule has 92 valence electrons. The van der Waals surface area contributed by atoms with Crippen LogP contribution in [0.15, 0.2) is 0 Å². The summed E-state index contributed by atoms with van der Waals surface area (Å²) >= 11 is 0. The average molecular weight is 231 g/mol. The smallest absolute Gasteiger partial charge is 0.236 e. The molecule has 15 heavy (non-hydrogen) atoms. The maximum atomic E-state index is 13.3. The van der Waals surface area contributed by atoms with Crippen molar-refractivity contribution in [3.63, 3.8) is 0 Å². The van der Waals surface area contributed by atoms with Gasteiger partial charge in [0.05, 0.1) is 0 Å². The standard InChI is InChI=1S/C8H17F4N3/c1-5-15(6-2)8(11,12)13-7(9,10)14(3)4/h13H,5-6H2,1-4H3. The summed E-state index contributed by atoms with van der Waals surface area (Å²) in [5, 5.41) is 1.02. The van der Waals surface area contributed by atoms with Crippen molar-refractivity contribution in [1.29, 1.82) is 0 Å². The summed E-state index contributed by atoms with van der Waals surface area (Å²) in [5.41, 5.74) is 0. The van der Waals surface area contributed by atoms with Gasteiger partial charge in [0.1, 0.15) is 0 Å². The molecular formula is C8H17F4N3. The summed E-state index contributed by atoms with van der Waals surface area (Å²) in [7, 11) is 2.04. The fraction of sp³-hybridized carbons (Fsp3) is 1.00. The van der Waals surface area contributed by atoms with Gasteiger partial charge in [-0.2, -0.15) is 22.9 Å². The molecule has 0 aliphatic rings. The van der Waals surface area contributed by atoms with Crippen LogP contribution in [0.4, 0.5) is 17.6 Å². The quantitative estimate of drug-likeness (QED) is 0.425. The molecule has 0 aromatic carbocycles. The zero-order valence-corrected chi connectivity index (χ0v) is 9.32. The van der Waals surface area contributed by atoms with Crippen molar-refractivity contribution in [3.8, 4) is 0 Å². The molecule has 0 amide bonds. The molecule has 0 fully saturated rings. The van der Waals surface area contributed by atoms with Gasteiger partial charge in [-0.1, -0.05) is 13.8 Å². The van der Waals surface area contributed by atoms with E-state index >= 15 is 0 Å². The SMILES string of the molecule is CCN(CC)C(F)(F)NC(F)(F)N(C)C. The largest absolute Gasteiger partial charge is 0.372 e. The van der Waals surface area contributed by atoms with E-state index in [1.54, 1.807) is 0 Å². The van der Waals surface area contributed by atoms with Crippen LogP contribution < -0.4 is 5.32 Å². The molecule has 0 unspecified atom stereocenters. The van der Waals surface area contributed by atoms with Crippen molar-refractivity contribution in [2.24, 2.45) is 0 Å². The van der Waals surface area contributed by atoms with E-state index in [0.29, 0.717) is 9.80 Å². The highest BCUT2D eigenvalue weighted by atomic mass is 19.3. The third-order valence-corrected chi connectivity index (χ3v) is 2.02. The van der Waals surface area contributed by atoms with E-state index in [0.717, 1.165) is 19.4 Å². The molecular weight excluding hydrogens is 214 g/mol. The summed E-state index contributed by atoms with van der Waals surface area (Å²) in [4.78, 5) is 1.01. The Morgan fingerprint density at radius 3 is 1.60 bits per heavy atom. The Balaban J connectivity index is 4.61. The first-order valence-electron chi connectivity index (χ1n) is 4.64. The van der Waals surface area contributed by atoms with Gasteiger partial charge in [0, 0.05) is 13.1 Å². The molecule has 0 aliphatic heterocycles. The van der Waals surface area contributed by atoms with Crippen LogP contribution in [0.1, 0.15) is 13.8 Å². The second-order valence-electron chi connectivity index (χ2n) is 3.27. The predicted octanol–water partition coefficient (Wildman–Crippen LogP) is 1.58. The maximum absolute atomic E-state index is 13.3. The van der Waals surface area contributed by atoms with E-state index < -0.39 is 12.3 Å². The van der Waals surface area contributed by atoms with Crippen LogP contribution in [0.2, 0.25) is 0 Å². The van der Waals surface area contributed by atoms with Crippen molar-refractivity contribution < 1.29 is 17.6 Å². The molecule has 0 aromatic heterocycles. The highest BCUT2D eigenvalue weighted by molar-refractivity contribution is 4.70. The number of nitrogens with one attached hydrogen (secondary N) is 1. The Morgan fingerprint density at radius 1 is 0.933 bits per heavy atom. The van der Waals surface area contributed by atoms with Gasteiger partial charge in [0.15, 0.2) is 0 Å². The van der Waals surface area contributed by atoms with Gasteiger partial charge >= 0.3 is 12.3 Å². The Kier molecular flexibility index (Phi) is 4.95. The van der Waals surface area contributed by atoms with Crippen LogP contribution in [-0.4, -0.2) is 49.3 Å². The fourth-order valence-electron chi connectivity index (χ4n) is 0.993. The molecule has 0 saturated carbocycles. The third kappa shape index (κ3) is 3.92. The second-order valence-corrected chi connectivity index (χ2v) is 3.27. The first-order chi connectivity index (χ1) is 6.67. The summed E-state index contributed by atoms with van der Waals surface area (Å²) < 4.78 is 52.5. The van der Waals surface area contributed by atoms with E-state index in [1.807, 2.05) is 0 Å². The Bertz CT molecular complexity index is 192. The van der Waals surface area contributed by atoms with Crippen molar-refractivity contribution >= 4 is 0 Å². The minimum absolute atomic E-state index is 0.0139. The normalized spacial score (nSPS) is 14.0. The summed E-state index contributed by atoms with van der Waals surface area (Å²) in [6.07, 6.45) is -7.47. The zero-order valence-electron chi connectivity index (χ0n) is 9.32. The number of nitrogens with zero attached hydrogens (tertiary/aromatic N) is 2. The zero-order chi connectivity index (χ0) is 12.3. The van der Waals surface area contributed by atoms with E-state index in [9.17, 15) is 17.6 Å². The topological polar surface area (TPSA) is 18.5 Å². The van der Waals surface area contributed by atoms with Gasteiger partial charge in [-0.05, 0) is 14.1 Å². The monoisotopic (exact) mass is 231 g/mol. The van der Waals surface area contributed by atoms with E-state index in [-0.39, 0.29) is 13.1 Å². The molecule has 7 heteroatoms. The Morgan fingerprint density at radius 2 is 1.33 bits per heavy atom. The van der Waals surface area contributed by atoms with Crippen LogP contribution in [0.25, 0.3) is 0 Å². The average Bonchev–Trinajstić information content (AvgIpc) is 2.03. The molecule has 3 nitrogen and oxygen atoms in total. The highest BCUT2D eigenvalue weighted by Crippen LogP contribution is 2.23. The van der Waals surface area contributed by atoms with Gasteiger partial charge < -0.3 is 0 Å². The highest BCUT2D eigenvalue weighted by Gasteiger charge is 2.46. The lowest BCUT2D eigenvalue weighted by Gasteiger charge is -2.34. The molecule has 0 aliphatic carbocycles. The van der Waals surface area contributed by atoms with Crippen molar-refractivity contribution in [1.82, 2.24) is 15.1 Å². The van der Waals surface area contributed by atoms with E-state index in [1.165, 1.54) is 13.8 Å². The van der Waals surface area contributed by atoms with Gasteiger partial charge in [-0.15, -0.1) is 0 Å². The lowest BCUT2D eigenvalue weighted by molar-refractivity contribution is -0.262. The molecule has 0 bridgehead atoms. The van der Waals surface area contributed by atoms with Gasteiger partial charge in [-0.25, -0.2) is 9.80 Å². The van der Waals surface area contributed by atoms with Crippen LogP contribution in [0.5, 0.6) is 0 Å². The third-order valence-electron chi connectivity index (χ3n) is 2.02. The molecule has 0 rings (SSSR count). The van der Waals surface area contributed by atoms with Gasteiger partial charge in [0.2, 0.25) is 0 Å². The van der Waals surface area contributed by atoms with Gasteiger partial charge in [0.25, 0.3) is 0 Å². The first kappa shape index (κ1) is 14.6.